The van der Waals surface area contributed by atoms with E-state index in [9.17, 15) is 9.59 Å². The molecule has 0 bridgehead atoms. The maximum absolute atomic E-state index is 11.8. The Kier molecular flexibility index (Phi) is 3.49. The van der Waals surface area contributed by atoms with Gasteiger partial charge in [-0.15, -0.1) is 0 Å². The van der Waals surface area contributed by atoms with Crippen molar-refractivity contribution in [2.24, 2.45) is 17.1 Å². The topological polar surface area (TPSA) is 81.4 Å². The molecule has 2 rings (SSSR count). The summed E-state index contributed by atoms with van der Waals surface area (Å²) in [6.07, 6.45) is 5.17. The number of ether oxygens (including phenoxy) is 1. The van der Waals surface area contributed by atoms with Gasteiger partial charge >= 0.3 is 6.09 Å². The van der Waals surface area contributed by atoms with Crippen molar-refractivity contribution in [3.05, 3.63) is 0 Å². The van der Waals surface area contributed by atoms with E-state index < -0.39 is 23.6 Å². The molecule has 0 aromatic heterocycles. The molecule has 0 aromatic carbocycles. The summed E-state index contributed by atoms with van der Waals surface area (Å²) in [6.45, 7) is 5.38. The van der Waals surface area contributed by atoms with Crippen LogP contribution in [0.4, 0.5) is 4.79 Å². The molecule has 19 heavy (non-hydrogen) atoms. The number of carbonyl (C=O) groups is 2. The van der Waals surface area contributed by atoms with E-state index in [2.05, 4.69) is 5.32 Å². The molecule has 0 heterocycles. The fourth-order valence-electron chi connectivity index (χ4n) is 3.31. The zero-order valence-electron chi connectivity index (χ0n) is 12.0. The summed E-state index contributed by atoms with van der Waals surface area (Å²) in [4.78, 5) is 23.3. The fourth-order valence-corrected chi connectivity index (χ4v) is 3.31. The van der Waals surface area contributed by atoms with Gasteiger partial charge in [-0.05, 0) is 51.4 Å². The van der Waals surface area contributed by atoms with Crippen molar-refractivity contribution in [2.45, 2.75) is 64.5 Å². The molecule has 2 fully saturated rings. The summed E-state index contributed by atoms with van der Waals surface area (Å²) in [7, 11) is 0. The number of amides is 2. The smallest absolute Gasteiger partial charge is 0.408 e. The average molecular weight is 268 g/mol. The third-order valence-corrected chi connectivity index (χ3v) is 4.23. The number of rotatable bonds is 3. The first-order valence-corrected chi connectivity index (χ1v) is 7.02. The van der Waals surface area contributed by atoms with Gasteiger partial charge in [0.1, 0.15) is 11.6 Å². The zero-order chi connectivity index (χ0) is 14.3. The minimum absolute atomic E-state index is 0.194. The normalized spacial score (nSPS) is 25.9. The average Bonchev–Trinajstić information content (AvgIpc) is 2.68. The van der Waals surface area contributed by atoms with Gasteiger partial charge in [0.2, 0.25) is 5.91 Å². The quantitative estimate of drug-likeness (QED) is 0.820. The minimum atomic E-state index is -0.590. The van der Waals surface area contributed by atoms with Crippen LogP contribution in [0, 0.1) is 11.3 Å². The van der Waals surface area contributed by atoms with Crippen molar-refractivity contribution < 1.29 is 14.3 Å². The highest BCUT2D eigenvalue weighted by molar-refractivity contribution is 5.85. The van der Waals surface area contributed by atoms with Crippen LogP contribution in [0.25, 0.3) is 0 Å². The second-order valence-corrected chi connectivity index (χ2v) is 6.91. The van der Waals surface area contributed by atoms with E-state index >= 15 is 0 Å². The summed E-state index contributed by atoms with van der Waals surface area (Å²) < 4.78 is 5.19. The molecule has 2 aliphatic rings. The zero-order valence-corrected chi connectivity index (χ0v) is 12.0. The van der Waals surface area contributed by atoms with Crippen LogP contribution < -0.4 is 11.1 Å². The second-order valence-electron chi connectivity index (χ2n) is 6.91. The fraction of sp³-hybridized carbons (Fsp3) is 0.857. The van der Waals surface area contributed by atoms with E-state index in [0.717, 1.165) is 19.3 Å². The number of nitrogens with two attached hydrogens (primary N) is 1. The monoisotopic (exact) mass is 268 g/mol. The highest BCUT2D eigenvalue weighted by atomic mass is 16.6. The lowest BCUT2D eigenvalue weighted by Crippen LogP contribution is -2.48. The van der Waals surface area contributed by atoms with Gasteiger partial charge in [-0.25, -0.2) is 4.79 Å². The molecule has 5 heteroatoms. The first-order valence-electron chi connectivity index (χ1n) is 7.02. The molecule has 0 saturated heterocycles. The SMILES string of the molecule is CC(C)(C)OC(=O)NC(C(N)=O)C1CC12CCCC2. The van der Waals surface area contributed by atoms with Gasteiger partial charge in [0.15, 0.2) is 0 Å². The van der Waals surface area contributed by atoms with Crippen molar-refractivity contribution in [2.75, 3.05) is 0 Å². The van der Waals surface area contributed by atoms with Gasteiger partial charge in [0.25, 0.3) is 0 Å². The maximum atomic E-state index is 11.8. The molecule has 5 nitrogen and oxygen atoms in total. The standard InChI is InChI=1S/C14H24N2O3/c1-13(2,3)19-12(18)16-10(11(15)17)9-8-14(9)6-4-5-7-14/h9-10H,4-8H2,1-3H3,(H2,15,17)(H,16,18). The molecular formula is C14H24N2O3. The largest absolute Gasteiger partial charge is 0.444 e. The van der Waals surface area contributed by atoms with Gasteiger partial charge in [-0.2, -0.15) is 0 Å². The molecule has 0 aromatic rings. The molecule has 3 N–H and O–H groups in total. The first-order chi connectivity index (χ1) is 8.73. The predicted octanol–water partition coefficient (Wildman–Crippen LogP) is 1.95. The Morgan fingerprint density at radius 2 is 1.89 bits per heavy atom. The maximum Gasteiger partial charge on any atom is 0.408 e. The van der Waals surface area contributed by atoms with Crippen LogP contribution in [0.5, 0.6) is 0 Å². The molecule has 2 saturated carbocycles. The Hall–Kier alpha value is -1.26. The Bertz CT molecular complexity index is 381. The lowest BCUT2D eigenvalue weighted by molar-refractivity contribution is -0.120. The molecule has 2 atom stereocenters. The third-order valence-electron chi connectivity index (χ3n) is 4.23. The molecule has 2 unspecified atom stereocenters. The van der Waals surface area contributed by atoms with E-state index in [1.807, 2.05) is 0 Å². The summed E-state index contributed by atoms with van der Waals surface area (Å²) in [5.41, 5.74) is 5.12. The molecule has 2 amide bonds. The summed E-state index contributed by atoms with van der Waals surface area (Å²) in [5.74, 6) is -0.264. The number of hydrogen-bond donors (Lipinski definition) is 2. The number of primary amides is 1. The summed E-state index contributed by atoms with van der Waals surface area (Å²) in [6, 6.07) is -0.590. The third kappa shape index (κ3) is 3.19. The van der Waals surface area contributed by atoms with Crippen LogP contribution in [0.1, 0.15) is 52.9 Å². The van der Waals surface area contributed by atoms with E-state index in [1.165, 1.54) is 12.8 Å². The van der Waals surface area contributed by atoms with Crippen molar-refractivity contribution in [1.82, 2.24) is 5.32 Å². The number of carbonyl (C=O) groups excluding carboxylic acids is 2. The number of hydrogen-bond acceptors (Lipinski definition) is 3. The summed E-state index contributed by atoms with van der Waals surface area (Å²) in [5, 5.41) is 2.65. The second kappa shape index (κ2) is 4.69. The van der Waals surface area contributed by atoms with Crippen molar-refractivity contribution in [3.8, 4) is 0 Å². The van der Waals surface area contributed by atoms with Crippen LogP contribution >= 0.6 is 0 Å². The van der Waals surface area contributed by atoms with Crippen LogP contribution in [0.3, 0.4) is 0 Å². The lowest BCUT2D eigenvalue weighted by Gasteiger charge is -2.23. The van der Waals surface area contributed by atoms with Gasteiger partial charge in [-0.3, -0.25) is 4.79 Å². The summed E-state index contributed by atoms with van der Waals surface area (Å²) >= 11 is 0. The van der Waals surface area contributed by atoms with Crippen LogP contribution in [0.15, 0.2) is 0 Å². The van der Waals surface area contributed by atoms with Crippen LogP contribution in [-0.2, 0) is 9.53 Å². The van der Waals surface area contributed by atoms with E-state index in [1.54, 1.807) is 20.8 Å². The first kappa shape index (κ1) is 14.2. The molecule has 2 aliphatic carbocycles. The number of alkyl carbamates (subject to hydrolysis) is 1. The van der Waals surface area contributed by atoms with Crippen molar-refractivity contribution >= 4 is 12.0 Å². The molecule has 108 valence electrons. The Morgan fingerprint density at radius 1 is 1.32 bits per heavy atom. The predicted molar refractivity (Wildman–Crippen MR) is 71.4 cm³/mol. The van der Waals surface area contributed by atoms with Gasteiger partial charge < -0.3 is 15.8 Å². The molecule has 0 radical (unpaired) electrons. The van der Waals surface area contributed by atoms with Crippen LogP contribution in [0.2, 0.25) is 0 Å². The van der Waals surface area contributed by atoms with Crippen molar-refractivity contribution in [1.29, 1.82) is 0 Å². The van der Waals surface area contributed by atoms with E-state index in [4.69, 9.17) is 10.5 Å². The highest BCUT2D eigenvalue weighted by Crippen LogP contribution is 2.64. The lowest BCUT2D eigenvalue weighted by atomic mass is 9.97. The Morgan fingerprint density at radius 3 is 2.37 bits per heavy atom. The highest BCUT2D eigenvalue weighted by Gasteiger charge is 2.59. The number of nitrogens with one attached hydrogen (secondary N) is 1. The van der Waals surface area contributed by atoms with Crippen LogP contribution in [-0.4, -0.2) is 23.6 Å². The van der Waals surface area contributed by atoms with Gasteiger partial charge in [-0.1, -0.05) is 12.8 Å². The molecule has 1 spiro atoms. The molecule has 0 aliphatic heterocycles. The molecular weight excluding hydrogens is 244 g/mol. The van der Waals surface area contributed by atoms with E-state index in [0.29, 0.717) is 0 Å². The van der Waals surface area contributed by atoms with Crippen molar-refractivity contribution in [3.63, 3.8) is 0 Å². The van der Waals surface area contributed by atoms with E-state index in [-0.39, 0.29) is 11.3 Å². The van der Waals surface area contributed by atoms with Gasteiger partial charge in [0, 0.05) is 0 Å². The Balaban J connectivity index is 1.95. The van der Waals surface area contributed by atoms with Gasteiger partial charge in [0.05, 0.1) is 0 Å². The Labute approximate surface area is 114 Å². The minimum Gasteiger partial charge on any atom is -0.444 e.